The summed E-state index contributed by atoms with van der Waals surface area (Å²) in [7, 11) is -2.61. The van der Waals surface area contributed by atoms with Crippen LogP contribution in [0, 0.1) is 5.82 Å². The van der Waals surface area contributed by atoms with Gasteiger partial charge >= 0.3 is 0 Å². The second-order valence-corrected chi connectivity index (χ2v) is 8.75. The van der Waals surface area contributed by atoms with Gasteiger partial charge in [-0.15, -0.1) is 0 Å². The number of hydrogen-bond donors (Lipinski definition) is 1. The second-order valence-electron chi connectivity index (χ2n) is 6.84. The van der Waals surface area contributed by atoms with Crippen molar-refractivity contribution in [2.24, 2.45) is 4.99 Å². The predicted octanol–water partition coefficient (Wildman–Crippen LogP) is 1.16. The van der Waals surface area contributed by atoms with Gasteiger partial charge in [-0.25, -0.2) is 12.8 Å². The molecule has 0 saturated carbocycles. The summed E-state index contributed by atoms with van der Waals surface area (Å²) in [6.07, 6.45) is 5.01. The predicted molar refractivity (Wildman–Crippen MR) is 110 cm³/mol. The molecule has 0 saturated heterocycles. The van der Waals surface area contributed by atoms with E-state index >= 15 is 0 Å². The van der Waals surface area contributed by atoms with E-state index < -0.39 is 21.7 Å². The number of methoxy groups -OCH3 is 1. The minimum Gasteiger partial charge on any atom is -0.495 e. The number of amides is 1. The van der Waals surface area contributed by atoms with E-state index in [0.29, 0.717) is 0 Å². The summed E-state index contributed by atoms with van der Waals surface area (Å²) in [6, 6.07) is 10.5. The molecule has 1 aliphatic heterocycles. The number of nitrogens with zero attached hydrogens (tertiary/aromatic N) is 2. The average Bonchev–Trinajstić information content (AvgIpc) is 3.22. The zero-order valence-corrected chi connectivity index (χ0v) is 17.3. The number of ether oxygens (including phenoxy) is 1. The van der Waals surface area contributed by atoms with Gasteiger partial charge in [0.1, 0.15) is 22.5 Å². The third-order valence-corrected chi connectivity index (χ3v) is 6.64. The summed E-state index contributed by atoms with van der Waals surface area (Å²) in [5.74, 6) is -0.916. The van der Waals surface area contributed by atoms with Crippen molar-refractivity contribution in [1.29, 1.82) is 0 Å². The summed E-state index contributed by atoms with van der Waals surface area (Å²) >= 11 is 0. The van der Waals surface area contributed by atoms with Gasteiger partial charge < -0.3 is 10.1 Å². The molecule has 1 aliphatic rings. The molecule has 1 atom stereocenters. The van der Waals surface area contributed by atoms with Crippen LogP contribution in [-0.2, 0) is 21.2 Å². The molecule has 0 bridgehead atoms. The molecule has 0 spiro atoms. The first kappa shape index (κ1) is 20.7. The molecule has 1 amide bonds. The van der Waals surface area contributed by atoms with Gasteiger partial charge in [-0.1, -0.05) is 12.1 Å². The molecule has 0 radical (unpaired) electrons. The summed E-state index contributed by atoms with van der Waals surface area (Å²) in [6.45, 7) is 0.216. The van der Waals surface area contributed by atoms with Gasteiger partial charge in [0.2, 0.25) is 15.7 Å². The molecule has 158 valence electrons. The number of nitrogens with one attached hydrogen (secondary N) is 1. The zero-order valence-electron chi connectivity index (χ0n) is 16.4. The minimum atomic E-state index is -3.90. The van der Waals surface area contributed by atoms with Crippen LogP contribution in [0.2, 0.25) is 0 Å². The minimum absolute atomic E-state index is 0.0366. The Kier molecular flexibility index (Phi) is 5.51. The Morgan fingerprint density at radius 1 is 1.16 bits per heavy atom. The lowest BCUT2D eigenvalue weighted by Gasteiger charge is -2.11. The van der Waals surface area contributed by atoms with Crippen LogP contribution >= 0.6 is 0 Å². The summed E-state index contributed by atoms with van der Waals surface area (Å²) < 4.78 is 44.2. The summed E-state index contributed by atoms with van der Waals surface area (Å²) in [5.41, 5.74) is 0.718. The first-order valence-electron chi connectivity index (χ1n) is 9.33. The number of benzene rings is 2. The Hall–Kier alpha value is -3.59. The molecule has 0 aliphatic carbocycles. The Bertz CT molecular complexity index is 1340. The molecular weight excluding hydrogens is 421 g/mol. The lowest BCUT2D eigenvalue weighted by Crippen LogP contribution is -2.31. The third-order valence-electron chi connectivity index (χ3n) is 4.83. The molecule has 1 unspecified atom stereocenters. The Labute approximate surface area is 177 Å². The van der Waals surface area contributed by atoms with Crippen LogP contribution in [-0.4, -0.2) is 32.5 Å². The highest BCUT2D eigenvalue weighted by Crippen LogP contribution is 2.30. The second kappa shape index (κ2) is 8.27. The average molecular weight is 439 g/mol. The van der Waals surface area contributed by atoms with Crippen LogP contribution in [0.25, 0.3) is 6.08 Å². The SMILES string of the molecule is COc1cc(F)ccc1S(=O)(=O)c1ccc(CNC(=O)C2C=c3cnccc3=N2)cc1. The first-order valence-corrected chi connectivity index (χ1v) is 10.8. The maximum atomic E-state index is 13.4. The highest BCUT2D eigenvalue weighted by molar-refractivity contribution is 7.91. The van der Waals surface area contributed by atoms with Crippen molar-refractivity contribution in [2.75, 3.05) is 7.11 Å². The van der Waals surface area contributed by atoms with Crippen LogP contribution in [0.1, 0.15) is 5.56 Å². The fourth-order valence-corrected chi connectivity index (χ4v) is 4.61. The van der Waals surface area contributed by atoms with Gasteiger partial charge in [0.05, 0.1) is 17.4 Å². The number of aromatic nitrogens is 1. The molecule has 3 aromatic rings. The number of hydrogen-bond acceptors (Lipinski definition) is 6. The van der Waals surface area contributed by atoms with Crippen molar-refractivity contribution < 1.29 is 22.3 Å². The smallest absolute Gasteiger partial charge is 0.249 e. The van der Waals surface area contributed by atoms with E-state index in [2.05, 4.69) is 15.3 Å². The normalized spacial score (nSPS) is 14.8. The van der Waals surface area contributed by atoms with Crippen LogP contribution in [0.4, 0.5) is 4.39 Å². The van der Waals surface area contributed by atoms with Crippen LogP contribution in [0.5, 0.6) is 5.75 Å². The fraction of sp³-hybridized carbons (Fsp3) is 0.136. The monoisotopic (exact) mass is 439 g/mol. The number of halogens is 1. The van der Waals surface area contributed by atoms with Crippen LogP contribution < -0.4 is 20.6 Å². The van der Waals surface area contributed by atoms with E-state index in [-0.39, 0.29) is 28.0 Å². The molecule has 2 heterocycles. The first-order chi connectivity index (χ1) is 14.9. The molecule has 1 aromatic heterocycles. The third kappa shape index (κ3) is 4.17. The van der Waals surface area contributed by atoms with Gasteiger partial charge in [0.15, 0.2) is 0 Å². The van der Waals surface area contributed by atoms with Crippen molar-refractivity contribution in [1.82, 2.24) is 10.3 Å². The molecular formula is C22H18FN3O4S. The van der Waals surface area contributed by atoms with E-state index in [0.717, 1.165) is 28.3 Å². The quantitative estimate of drug-likeness (QED) is 0.582. The number of sulfone groups is 1. The maximum absolute atomic E-state index is 13.4. The fourth-order valence-electron chi connectivity index (χ4n) is 3.21. The van der Waals surface area contributed by atoms with Crippen molar-refractivity contribution in [3.8, 4) is 5.75 Å². The molecule has 0 fully saturated rings. The molecule has 2 aromatic carbocycles. The van der Waals surface area contributed by atoms with Crippen LogP contribution in [0.15, 0.2) is 75.7 Å². The van der Waals surface area contributed by atoms with E-state index in [1.165, 1.54) is 25.3 Å². The van der Waals surface area contributed by atoms with E-state index in [9.17, 15) is 17.6 Å². The largest absolute Gasteiger partial charge is 0.495 e. The Morgan fingerprint density at radius 3 is 2.65 bits per heavy atom. The topological polar surface area (TPSA) is 97.7 Å². The van der Waals surface area contributed by atoms with E-state index in [4.69, 9.17) is 4.74 Å². The highest BCUT2D eigenvalue weighted by Gasteiger charge is 2.23. The number of carbonyl (C=O) groups excluding carboxylic acids is 1. The molecule has 7 nitrogen and oxygen atoms in total. The van der Waals surface area contributed by atoms with Crippen molar-refractivity contribution in [3.05, 3.63) is 82.9 Å². The van der Waals surface area contributed by atoms with Crippen molar-refractivity contribution in [3.63, 3.8) is 0 Å². The lowest BCUT2D eigenvalue weighted by molar-refractivity contribution is -0.121. The van der Waals surface area contributed by atoms with Crippen molar-refractivity contribution in [2.45, 2.75) is 22.4 Å². The van der Waals surface area contributed by atoms with Gasteiger partial charge in [-0.2, -0.15) is 0 Å². The molecule has 4 rings (SSSR count). The number of fused-ring (bicyclic) bond motifs is 1. The van der Waals surface area contributed by atoms with Gasteiger partial charge in [-0.3, -0.25) is 14.8 Å². The Morgan fingerprint density at radius 2 is 1.94 bits per heavy atom. The lowest BCUT2D eigenvalue weighted by atomic mass is 10.2. The standard InChI is InChI=1S/C22H18FN3O4S/c1-30-20-11-16(23)4-7-21(20)31(28,29)17-5-2-14(3-6-17)12-25-22(27)19-10-15-13-24-9-8-18(15)26-19/h2-11,13,19H,12H2,1H3,(H,25,27). The molecule has 9 heteroatoms. The van der Waals surface area contributed by atoms with Crippen LogP contribution in [0.3, 0.4) is 0 Å². The summed E-state index contributed by atoms with van der Waals surface area (Å²) in [4.78, 5) is 20.7. The number of rotatable bonds is 6. The van der Waals surface area contributed by atoms with E-state index in [1.54, 1.807) is 36.7 Å². The zero-order chi connectivity index (χ0) is 22.0. The van der Waals surface area contributed by atoms with Crippen molar-refractivity contribution >= 4 is 21.8 Å². The van der Waals surface area contributed by atoms with E-state index in [1.807, 2.05) is 0 Å². The highest BCUT2D eigenvalue weighted by atomic mass is 32.2. The number of carbonyl (C=O) groups is 1. The Balaban J connectivity index is 1.46. The van der Waals surface area contributed by atoms with Gasteiger partial charge in [0, 0.05) is 30.2 Å². The molecule has 31 heavy (non-hydrogen) atoms. The molecule has 1 N–H and O–H groups in total. The van der Waals surface area contributed by atoms with Gasteiger partial charge in [-0.05, 0) is 42.0 Å². The van der Waals surface area contributed by atoms with Gasteiger partial charge in [0.25, 0.3) is 0 Å². The number of pyridine rings is 1. The summed E-state index contributed by atoms with van der Waals surface area (Å²) in [5, 5.41) is 4.33. The maximum Gasteiger partial charge on any atom is 0.249 e.